The van der Waals surface area contributed by atoms with Crippen molar-refractivity contribution in [1.82, 2.24) is 5.32 Å². The fraction of sp³-hybridized carbons (Fsp3) is 0.562. The highest BCUT2D eigenvalue weighted by molar-refractivity contribution is 5.85. The van der Waals surface area contributed by atoms with E-state index in [0.29, 0.717) is 18.5 Å². The Morgan fingerprint density at radius 2 is 1.80 bits per heavy atom. The van der Waals surface area contributed by atoms with Gasteiger partial charge in [0.15, 0.2) is 0 Å². The molecule has 0 radical (unpaired) electrons. The van der Waals surface area contributed by atoms with Crippen LogP contribution in [0, 0.1) is 6.92 Å². The third kappa shape index (κ3) is 5.51. The summed E-state index contributed by atoms with van der Waals surface area (Å²) in [7, 11) is 0. The molecule has 2 rings (SSSR count). The first kappa shape index (κ1) is 17.0. The van der Waals surface area contributed by atoms with Gasteiger partial charge in [0, 0.05) is 18.5 Å². The van der Waals surface area contributed by atoms with Crippen molar-refractivity contribution in [2.75, 3.05) is 0 Å². The lowest BCUT2D eigenvalue weighted by molar-refractivity contribution is -0.122. The van der Waals surface area contributed by atoms with Gasteiger partial charge in [-0.2, -0.15) is 0 Å². The molecule has 0 saturated heterocycles. The largest absolute Gasteiger partial charge is 0.353 e. The van der Waals surface area contributed by atoms with Crippen LogP contribution in [0.3, 0.4) is 0 Å². The van der Waals surface area contributed by atoms with Crippen molar-refractivity contribution < 1.29 is 4.79 Å². The van der Waals surface area contributed by atoms with E-state index in [0.717, 1.165) is 32.1 Å². The van der Waals surface area contributed by atoms with Gasteiger partial charge in [-0.25, -0.2) is 0 Å². The SMILES string of the molecule is Cc1ccc(CCC(=O)NC2CCC(N)CC2)cc1.Cl. The third-order valence-corrected chi connectivity index (χ3v) is 3.90. The molecule has 3 N–H and O–H groups in total. The molecule has 112 valence electrons. The first-order chi connectivity index (χ1) is 9.13. The Bertz CT molecular complexity index is 411. The van der Waals surface area contributed by atoms with Crippen molar-refractivity contribution in [3.05, 3.63) is 35.4 Å². The smallest absolute Gasteiger partial charge is 0.220 e. The minimum atomic E-state index is 0. The van der Waals surface area contributed by atoms with Crippen LogP contribution < -0.4 is 11.1 Å². The van der Waals surface area contributed by atoms with Crippen LogP contribution in [0.2, 0.25) is 0 Å². The van der Waals surface area contributed by atoms with Crippen LogP contribution in [0.1, 0.15) is 43.2 Å². The first-order valence-corrected chi connectivity index (χ1v) is 7.24. The molecule has 0 unspecified atom stereocenters. The minimum absolute atomic E-state index is 0. The van der Waals surface area contributed by atoms with Crippen LogP contribution in [0.25, 0.3) is 0 Å². The van der Waals surface area contributed by atoms with E-state index in [1.54, 1.807) is 0 Å². The van der Waals surface area contributed by atoms with Gasteiger partial charge in [0.2, 0.25) is 5.91 Å². The number of nitrogens with two attached hydrogens (primary N) is 1. The standard InChI is InChI=1S/C16H24N2O.ClH/c1-12-2-4-13(5-3-12)6-11-16(19)18-15-9-7-14(17)8-10-15;/h2-5,14-15H,6-11,17H2,1H3,(H,18,19);1H. The molecule has 4 heteroatoms. The van der Waals surface area contributed by atoms with E-state index in [-0.39, 0.29) is 18.3 Å². The van der Waals surface area contributed by atoms with Crippen molar-refractivity contribution in [1.29, 1.82) is 0 Å². The van der Waals surface area contributed by atoms with Crippen LogP contribution in [-0.2, 0) is 11.2 Å². The van der Waals surface area contributed by atoms with E-state index < -0.39 is 0 Å². The molecule has 0 atom stereocenters. The molecule has 0 aromatic heterocycles. The minimum Gasteiger partial charge on any atom is -0.353 e. The topological polar surface area (TPSA) is 55.1 Å². The maximum atomic E-state index is 11.9. The molecule has 1 aliphatic carbocycles. The Balaban J connectivity index is 0.00000200. The molecule has 0 spiro atoms. The van der Waals surface area contributed by atoms with Crippen molar-refractivity contribution in [2.45, 2.75) is 57.5 Å². The molecule has 3 nitrogen and oxygen atoms in total. The molecule has 1 aromatic rings. The number of nitrogens with one attached hydrogen (secondary N) is 1. The Hall–Kier alpha value is -1.06. The lowest BCUT2D eigenvalue weighted by Crippen LogP contribution is -2.40. The predicted molar refractivity (Wildman–Crippen MR) is 85.1 cm³/mol. The van der Waals surface area contributed by atoms with Gasteiger partial charge in [0.25, 0.3) is 0 Å². The monoisotopic (exact) mass is 296 g/mol. The van der Waals surface area contributed by atoms with Crippen LogP contribution in [-0.4, -0.2) is 18.0 Å². The highest BCUT2D eigenvalue weighted by Crippen LogP contribution is 2.17. The van der Waals surface area contributed by atoms with Gasteiger partial charge < -0.3 is 11.1 Å². The quantitative estimate of drug-likeness (QED) is 0.897. The Labute approximate surface area is 127 Å². The maximum Gasteiger partial charge on any atom is 0.220 e. The number of carbonyl (C=O) groups excluding carboxylic acids is 1. The van der Waals surface area contributed by atoms with Crippen LogP contribution in [0.4, 0.5) is 0 Å². The summed E-state index contributed by atoms with van der Waals surface area (Å²) in [5, 5.41) is 3.13. The van der Waals surface area contributed by atoms with Gasteiger partial charge >= 0.3 is 0 Å². The molecule has 1 saturated carbocycles. The fourth-order valence-corrected chi connectivity index (χ4v) is 2.58. The summed E-state index contributed by atoms with van der Waals surface area (Å²) < 4.78 is 0. The molecule has 20 heavy (non-hydrogen) atoms. The highest BCUT2D eigenvalue weighted by Gasteiger charge is 2.19. The normalized spacial score (nSPS) is 21.9. The Morgan fingerprint density at radius 3 is 2.40 bits per heavy atom. The van der Waals surface area contributed by atoms with Gasteiger partial charge in [-0.1, -0.05) is 29.8 Å². The number of halogens is 1. The molecule has 1 amide bonds. The summed E-state index contributed by atoms with van der Waals surface area (Å²) in [4.78, 5) is 11.9. The molecule has 1 aromatic carbocycles. The number of benzene rings is 1. The average molecular weight is 297 g/mol. The Kier molecular flexibility index (Phi) is 7.03. The zero-order chi connectivity index (χ0) is 13.7. The van der Waals surface area contributed by atoms with Crippen molar-refractivity contribution in [2.24, 2.45) is 5.73 Å². The maximum absolute atomic E-state index is 11.9. The summed E-state index contributed by atoms with van der Waals surface area (Å²) in [5.74, 6) is 0.168. The van der Waals surface area contributed by atoms with E-state index in [9.17, 15) is 4.79 Å². The van der Waals surface area contributed by atoms with Gasteiger partial charge in [-0.05, 0) is 44.6 Å². The van der Waals surface area contributed by atoms with E-state index in [2.05, 4.69) is 36.5 Å². The van der Waals surface area contributed by atoms with Gasteiger partial charge in [0.1, 0.15) is 0 Å². The zero-order valence-corrected chi connectivity index (χ0v) is 12.9. The van der Waals surface area contributed by atoms with Gasteiger partial charge in [-0.15, -0.1) is 12.4 Å². The second-order valence-corrected chi connectivity index (χ2v) is 5.66. The second kappa shape index (κ2) is 8.28. The summed E-state index contributed by atoms with van der Waals surface area (Å²) in [6.45, 7) is 2.07. The average Bonchev–Trinajstić information content (AvgIpc) is 2.41. The molecule has 0 aliphatic heterocycles. The third-order valence-electron chi connectivity index (χ3n) is 3.90. The highest BCUT2D eigenvalue weighted by atomic mass is 35.5. The molecule has 0 heterocycles. The van der Waals surface area contributed by atoms with E-state index in [1.165, 1.54) is 11.1 Å². The number of hydrogen-bond donors (Lipinski definition) is 2. The summed E-state index contributed by atoms with van der Waals surface area (Å²) >= 11 is 0. The summed E-state index contributed by atoms with van der Waals surface area (Å²) in [6.07, 6.45) is 5.50. The van der Waals surface area contributed by atoms with Crippen LogP contribution in [0.15, 0.2) is 24.3 Å². The fourth-order valence-electron chi connectivity index (χ4n) is 2.58. The van der Waals surface area contributed by atoms with E-state index in [4.69, 9.17) is 5.73 Å². The van der Waals surface area contributed by atoms with Crippen LogP contribution in [0.5, 0.6) is 0 Å². The van der Waals surface area contributed by atoms with Crippen molar-refractivity contribution >= 4 is 18.3 Å². The van der Waals surface area contributed by atoms with Crippen molar-refractivity contribution in [3.8, 4) is 0 Å². The molecule has 1 fully saturated rings. The van der Waals surface area contributed by atoms with E-state index in [1.807, 2.05) is 0 Å². The predicted octanol–water partition coefficient (Wildman–Crippen LogP) is 2.74. The lowest BCUT2D eigenvalue weighted by atomic mass is 9.91. The lowest BCUT2D eigenvalue weighted by Gasteiger charge is -2.26. The number of aryl methyl sites for hydroxylation is 2. The Morgan fingerprint density at radius 1 is 1.20 bits per heavy atom. The summed E-state index contributed by atoms with van der Waals surface area (Å²) in [6, 6.07) is 9.06. The van der Waals surface area contributed by atoms with Gasteiger partial charge in [0.05, 0.1) is 0 Å². The number of hydrogen-bond acceptors (Lipinski definition) is 2. The molecule has 0 bridgehead atoms. The van der Waals surface area contributed by atoms with Crippen molar-refractivity contribution in [3.63, 3.8) is 0 Å². The first-order valence-electron chi connectivity index (χ1n) is 7.24. The van der Waals surface area contributed by atoms with Gasteiger partial charge in [-0.3, -0.25) is 4.79 Å². The second-order valence-electron chi connectivity index (χ2n) is 5.66. The molecular weight excluding hydrogens is 272 g/mol. The van der Waals surface area contributed by atoms with Crippen LogP contribution >= 0.6 is 12.4 Å². The molecule has 1 aliphatic rings. The number of amides is 1. The number of rotatable bonds is 4. The zero-order valence-electron chi connectivity index (χ0n) is 12.1. The number of carbonyl (C=O) groups is 1. The summed E-state index contributed by atoms with van der Waals surface area (Å²) in [5.41, 5.74) is 8.35. The van der Waals surface area contributed by atoms with E-state index >= 15 is 0 Å². The molecular formula is C16H25ClN2O.